The first-order valence-electron chi connectivity index (χ1n) is 3.74. The zero-order valence-corrected chi connectivity index (χ0v) is 8.56. The fraction of sp³-hybridized carbons (Fsp3) is 0.250. The molecule has 0 aliphatic carbocycles. The van der Waals surface area contributed by atoms with Crippen molar-refractivity contribution in [1.82, 2.24) is 5.09 Å². The van der Waals surface area contributed by atoms with Crippen LogP contribution < -0.4 is 9.61 Å². The number of para-hydroxylation sites is 1. The molecule has 0 fully saturated rings. The molecule has 12 heavy (non-hydrogen) atoms. The number of rotatable bonds is 4. The largest absolute Gasteiger partial charge is 0.460 e. The Labute approximate surface area is 79.2 Å². The third kappa shape index (κ3) is 2.98. The van der Waals surface area contributed by atoms with Crippen molar-refractivity contribution in [3.05, 3.63) is 29.3 Å². The van der Waals surface area contributed by atoms with E-state index in [0.717, 1.165) is 12.3 Å². The molecule has 1 N–H and O–H groups in total. The van der Waals surface area contributed by atoms with Crippen molar-refractivity contribution in [2.24, 2.45) is 0 Å². The lowest BCUT2D eigenvalue weighted by molar-refractivity contribution is 0.619. The number of hydrogen-bond acceptors (Lipinski definition) is 2. The van der Waals surface area contributed by atoms with Gasteiger partial charge < -0.3 is 4.52 Å². The molecule has 66 valence electrons. The fourth-order valence-electron chi connectivity index (χ4n) is 0.691. The van der Waals surface area contributed by atoms with Crippen LogP contribution in [0.15, 0.2) is 24.3 Å². The van der Waals surface area contributed by atoms with E-state index < -0.39 is 0 Å². The molecule has 0 saturated carbocycles. The van der Waals surface area contributed by atoms with Gasteiger partial charge in [0.1, 0.15) is 14.7 Å². The standard InChI is InChI=1S/C8H11ClNOP/c1-2-10-12-11-8-6-4-3-5-7(8)9/h3-6,10,12H,2H2,1H3. The molecule has 0 amide bonds. The van der Waals surface area contributed by atoms with Crippen LogP contribution in [0.1, 0.15) is 6.92 Å². The minimum atomic E-state index is 0.272. The molecule has 1 aromatic carbocycles. The SMILES string of the molecule is CCNPOc1ccccc1Cl. The zero-order valence-electron chi connectivity index (χ0n) is 6.80. The average molecular weight is 204 g/mol. The van der Waals surface area contributed by atoms with E-state index in [1.54, 1.807) is 0 Å². The van der Waals surface area contributed by atoms with E-state index in [2.05, 4.69) is 5.09 Å². The summed E-state index contributed by atoms with van der Waals surface area (Å²) in [5, 5.41) is 3.73. The van der Waals surface area contributed by atoms with Crippen LogP contribution in [-0.2, 0) is 0 Å². The van der Waals surface area contributed by atoms with Gasteiger partial charge in [0.25, 0.3) is 0 Å². The third-order valence-electron chi connectivity index (χ3n) is 1.25. The molecule has 1 rings (SSSR count). The molecule has 0 heterocycles. The lowest BCUT2D eigenvalue weighted by atomic mass is 10.3. The Morgan fingerprint density at radius 3 is 2.92 bits per heavy atom. The molecular weight excluding hydrogens is 193 g/mol. The van der Waals surface area contributed by atoms with Crippen LogP contribution in [0.4, 0.5) is 0 Å². The molecular formula is C8H11ClNOP. The maximum Gasteiger partial charge on any atom is 0.146 e. The molecule has 0 bridgehead atoms. The summed E-state index contributed by atoms with van der Waals surface area (Å²) < 4.78 is 5.36. The van der Waals surface area contributed by atoms with Crippen LogP contribution in [0.2, 0.25) is 5.02 Å². The van der Waals surface area contributed by atoms with Gasteiger partial charge in [-0.05, 0) is 18.7 Å². The van der Waals surface area contributed by atoms with Gasteiger partial charge in [-0.25, -0.2) is 0 Å². The molecule has 4 heteroatoms. The highest BCUT2D eigenvalue weighted by atomic mass is 35.5. The van der Waals surface area contributed by atoms with Crippen molar-refractivity contribution >= 4 is 20.6 Å². The Kier molecular flexibility index (Phi) is 4.37. The summed E-state index contributed by atoms with van der Waals surface area (Å²) in [7, 11) is 0.272. The Morgan fingerprint density at radius 2 is 2.25 bits per heavy atom. The fourth-order valence-corrected chi connectivity index (χ4v) is 1.43. The topological polar surface area (TPSA) is 21.3 Å². The first kappa shape index (κ1) is 9.79. The second-order valence-electron chi connectivity index (χ2n) is 2.16. The first-order valence-corrected chi connectivity index (χ1v) is 5.02. The van der Waals surface area contributed by atoms with Crippen molar-refractivity contribution in [3.8, 4) is 5.75 Å². The van der Waals surface area contributed by atoms with Gasteiger partial charge >= 0.3 is 0 Å². The van der Waals surface area contributed by atoms with Crippen LogP contribution in [0.3, 0.4) is 0 Å². The number of nitrogens with one attached hydrogen (secondary N) is 1. The molecule has 0 aliphatic heterocycles. The second kappa shape index (κ2) is 5.36. The molecule has 0 radical (unpaired) electrons. The second-order valence-corrected chi connectivity index (χ2v) is 3.33. The predicted molar refractivity (Wildman–Crippen MR) is 54.1 cm³/mol. The molecule has 1 atom stereocenters. The average Bonchev–Trinajstić information content (AvgIpc) is 2.09. The predicted octanol–water partition coefficient (Wildman–Crippen LogP) is 2.84. The maximum atomic E-state index is 5.85. The van der Waals surface area contributed by atoms with E-state index in [1.807, 2.05) is 31.2 Å². The zero-order chi connectivity index (χ0) is 8.81. The number of halogens is 1. The smallest absolute Gasteiger partial charge is 0.146 e. The van der Waals surface area contributed by atoms with Crippen LogP contribution in [0.5, 0.6) is 5.75 Å². The lowest BCUT2D eigenvalue weighted by Crippen LogP contribution is -2.00. The summed E-state index contributed by atoms with van der Waals surface area (Å²) in [5.41, 5.74) is 0. The molecule has 1 aromatic rings. The molecule has 0 aromatic heterocycles. The van der Waals surface area contributed by atoms with Crippen molar-refractivity contribution < 1.29 is 4.52 Å². The van der Waals surface area contributed by atoms with E-state index in [4.69, 9.17) is 16.1 Å². The molecule has 0 aliphatic rings. The van der Waals surface area contributed by atoms with Gasteiger partial charge in [-0.15, -0.1) is 0 Å². The Morgan fingerprint density at radius 1 is 1.50 bits per heavy atom. The van der Waals surface area contributed by atoms with Gasteiger partial charge in [0.2, 0.25) is 0 Å². The van der Waals surface area contributed by atoms with Crippen molar-refractivity contribution in [3.63, 3.8) is 0 Å². The van der Waals surface area contributed by atoms with Gasteiger partial charge in [-0.2, -0.15) is 0 Å². The maximum absolute atomic E-state index is 5.85. The van der Waals surface area contributed by atoms with E-state index in [-0.39, 0.29) is 8.96 Å². The minimum Gasteiger partial charge on any atom is -0.460 e. The summed E-state index contributed by atoms with van der Waals surface area (Å²) in [5.74, 6) is 0.735. The van der Waals surface area contributed by atoms with Gasteiger partial charge in [0.15, 0.2) is 0 Å². The summed E-state index contributed by atoms with van der Waals surface area (Å²) >= 11 is 5.85. The van der Waals surface area contributed by atoms with Crippen molar-refractivity contribution in [2.45, 2.75) is 6.92 Å². The highest BCUT2D eigenvalue weighted by Gasteiger charge is 1.97. The van der Waals surface area contributed by atoms with Crippen molar-refractivity contribution in [1.29, 1.82) is 0 Å². The van der Waals surface area contributed by atoms with Gasteiger partial charge in [-0.1, -0.05) is 30.7 Å². The van der Waals surface area contributed by atoms with Crippen LogP contribution >= 0.6 is 20.6 Å². The summed E-state index contributed by atoms with van der Waals surface area (Å²) in [6.45, 7) is 2.94. The van der Waals surface area contributed by atoms with E-state index >= 15 is 0 Å². The third-order valence-corrected chi connectivity index (χ3v) is 2.38. The number of benzene rings is 1. The lowest BCUT2D eigenvalue weighted by Gasteiger charge is -2.06. The molecule has 1 unspecified atom stereocenters. The Balaban J connectivity index is 2.46. The number of hydrogen-bond donors (Lipinski definition) is 1. The van der Waals surface area contributed by atoms with E-state index in [1.165, 1.54) is 0 Å². The van der Waals surface area contributed by atoms with E-state index in [9.17, 15) is 0 Å². The summed E-state index contributed by atoms with van der Waals surface area (Å²) in [6.07, 6.45) is 0. The Hall–Kier alpha value is -0.300. The quantitative estimate of drug-likeness (QED) is 0.600. The molecule has 2 nitrogen and oxygen atoms in total. The monoisotopic (exact) mass is 203 g/mol. The first-order chi connectivity index (χ1) is 5.84. The van der Waals surface area contributed by atoms with Crippen LogP contribution in [-0.4, -0.2) is 6.54 Å². The van der Waals surface area contributed by atoms with E-state index in [0.29, 0.717) is 5.02 Å². The minimum absolute atomic E-state index is 0.272. The Bertz CT molecular complexity index is 244. The molecule has 0 spiro atoms. The molecule has 0 saturated heterocycles. The summed E-state index contributed by atoms with van der Waals surface area (Å²) in [4.78, 5) is 0. The normalized spacial score (nSPS) is 10.8. The van der Waals surface area contributed by atoms with Crippen LogP contribution in [0.25, 0.3) is 0 Å². The van der Waals surface area contributed by atoms with Crippen LogP contribution in [0, 0.1) is 0 Å². The summed E-state index contributed by atoms with van der Waals surface area (Å²) in [6, 6.07) is 7.45. The highest BCUT2D eigenvalue weighted by molar-refractivity contribution is 7.30. The van der Waals surface area contributed by atoms with Gasteiger partial charge in [0.05, 0.1) is 5.02 Å². The van der Waals surface area contributed by atoms with Gasteiger partial charge in [-0.3, -0.25) is 5.09 Å². The van der Waals surface area contributed by atoms with Gasteiger partial charge in [0, 0.05) is 0 Å². The highest BCUT2D eigenvalue weighted by Crippen LogP contribution is 2.27. The van der Waals surface area contributed by atoms with Crippen molar-refractivity contribution in [2.75, 3.05) is 6.54 Å².